The number of nitrogens with one attached hydrogen (secondary N) is 2. The third-order valence-corrected chi connectivity index (χ3v) is 4.04. The third-order valence-electron chi connectivity index (χ3n) is 3.20. The molecular weight excluding hydrogens is 384 g/mol. The molecule has 1 aliphatic rings. The number of amides is 1. The summed E-state index contributed by atoms with van der Waals surface area (Å²) in [6, 6.07) is 10.8. The summed E-state index contributed by atoms with van der Waals surface area (Å²) in [5, 5.41) is 6.28. The molecule has 5 nitrogen and oxygen atoms in total. The molecule has 2 aromatic rings. The Balaban J connectivity index is 1.61. The molecule has 2 aromatic carbocycles. The van der Waals surface area contributed by atoms with E-state index in [2.05, 4.69) is 26.6 Å². The number of hydrogen-bond donors (Lipinski definition) is 2. The zero-order valence-electron chi connectivity index (χ0n) is 12.1. The Morgan fingerprint density at radius 3 is 2.48 bits per heavy atom. The monoisotopic (exact) mass is 396 g/mol. The van der Waals surface area contributed by atoms with Crippen LogP contribution in [0.15, 0.2) is 40.9 Å². The molecule has 0 spiro atoms. The summed E-state index contributed by atoms with van der Waals surface area (Å²) in [4.78, 5) is 12.0. The first-order valence-electron chi connectivity index (χ1n) is 7.00. The Morgan fingerprint density at radius 1 is 1.13 bits per heavy atom. The summed E-state index contributed by atoms with van der Waals surface area (Å²) < 4.78 is 11.9. The third kappa shape index (κ3) is 4.09. The number of anilines is 2. The van der Waals surface area contributed by atoms with E-state index in [0.29, 0.717) is 35.4 Å². The fourth-order valence-electron chi connectivity index (χ4n) is 2.11. The maximum absolute atomic E-state index is 12.0. The Bertz CT molecular complexity index is 722. The molecule has 0 atom stereocenters. The first-order valence-corrected chi connectivity index (χ1v) is 8.17. The highest BCUT2D eigenvalue weighted by Crippen LogP contribution is 2.37. The maximum atomic E-state index is 12.0. The van der Waals surface area contributed by atoms with Gasteiger partial charge in [0.25, 0.3) is 0 Å². The highest BCUT2D eigenvalue weighted by atomic mass is 79.9. The van der Waals surface area contributed by atoms with E-state index < -0.39 is 0 Å². The minimum absolute atomic E-state index is 0.0927. The van der Waals surface area contributed by atoms with Crippen molar-refractivity contribution in [2.75, 3.05) is 30.4 Å². The molecule has 0 saturated heterocycles. The molecular formula is C16H14BrClN2O3. The Kier molecular flexibility index (Phi) is 4.93. The highest BCUT2D eigenvalue weighted by Gasteiger charge is 2.15. The fraction of sp³-hybridized carbons (Fsp3) is 0.188. The van der Waals surface area contributed by atoms with Crippen molar-refractivity contribution in [2.45, 2.75) is 0 Å². The average molecular weight is 398 g/mol. The predicted octanol–water partition coefficient (Wildman–Crippen LogP) is 3.92. The molecule has 0 bridgehead atoms. The minimum Gasteiger partial charge on any atom is -0.486 e. The van der Waals surface area contributed by atoms with Crippen molar-refractivity contribution in [3.8, 4) is 11.5 Å². The van der Waals surface area contributed by atoms with E-state index in [4.69, 9.17) is 21.1 Å². The molecule has 3 rings (SSSR count). The molecule has 1 heterocycles. The lowest BCUT2D eigenvalue weighted by Crippen LogP contribution is -2.22. The van der Waals surface area contributed by atoms with Crippen molar-refractivity contribution in [1.29, 1.82) is 0 Å². The highest BCUT2D eigenvalue weighted by molar-refractivity contribution is 9.10. The van der Waals surface area contributed by atoms with Crippen LogP contribution in [0.5, 0.6) is 11.5 Å². The molecule has 0 saturated carbocycles. The second-order valence-electron chi connectivity index (χ2n) is 4.88. The second kappa shape index (κ2) is 7.10. The lowest BCUT2D eigenvalue weighted by Gasteiger charge is -2.20. The van der Waals surface area contributed by atoms with Crippen LogP contribution in [-0.4, -0.2) is 25.7 Å². The summed E-state index contributed by atoms with van der Waals surface area (Å²) in [7, 11) is 0. The smallest absolute Gasteiger partial charge is 0.243 e. The van der Waals surface area contributed by atoms with E-state index >= 15 is 0 Å². The molecule has 1 aliphatic heterocycles. The van der Waals surface area contributed by atoms with E-state index in [-0.39, 0.29) is 12.5 Å². The van der Waals surface area contributed by atoms with Gasteiger partial charge in [0.1, 0.15) is 13.2 Å². The molecule has 7 heteroatoms. The van der Waals surface area contributed by atoms with Crippen molar-refractivity contribution >= 4 is 44.8 Å². The molecule has 0 radical (unpaired) electrons. The maximum Gasteiger partial charge on any atom is 0.243 e. The number of rotatable bonds is 4. The van der Waals surface area contributed by atoms with Gasteiger partial charge in [-0.05, 0) is 24.3 Å². The average Bonchev–Trinajstić information content (AvgIpc) is 2.55. The minimum atomic E-state index is -0.168. The van der Waals surface area contributed by atoms with Gasteiger partial charge in [-0.2, -0.15) is 0 Å². The van der Waals surface area contributed by atoms with Gasteiger partial charge in [0, 0.05) is 22.3 Å². The van der Waals surface area contributed by atoms with Gasteiger partial charge in [-0.3, -0.25) is 4.79 Å². The number of carbonyl (C=O) groups excluding carboxylic acids is 1. The fourth-order valence-corrected chi connectivity index (χ4v) is 2.60. The van der Waals surface area contributed by atoms with Crippen LogP contribution < -0.4 is 20.1 Å². The van der Waals surface area contributed by atoms with E-state index in [9.17, 15) is 4.79 Å². The number of fused-ring (bicyclic) bond motifs is 1. The quantitative estimate of drug-likeness (QED) is 0.821. The number of hydrogen-bond acceptors (Lipinski definition) is 4. The number of benzene rings is 2. The van der Waals surface area contributed by atoms with Crippen LogP contribution >= 0.6 is 27.5 Å². The first-order chi connectivity index (χ1) is 11.1. The Hall–Kier alpha value is -1.92. The van der Waals surface area contributed by atoms with Gasteiger partial charge in [-0.1, -0.05) is 27.5 Å². The van der Waals surface area contributed by atoms with Crippen LogP contribution in [0, 0.1) is 0 Å². The van der Waals surface area contributed by atoms with Crippen LogP contribution in [-0.2, 0) is 4.79 Å². The largest absolute Gasteiger partial charge is 0.486 e. The number of ether oxygens (including phenoxy) is 2. The summed E-state index contributed by atoms with van der Waals surface area (Å²) in [6.45, 7) is 1.10. The first kappa shape index (κ1) is 16.0. The van der Waals surface area contributed by atoms with E-state index in [1.165, 1.54) is 0 Å². The molecule has 23 heavy (non-hydrogen) atoms. The summed E-state index contributed by atoms with van der Waals surface area (Å²) in [5.74, 6) is 1.07. The van der Waals surface area contributed by atoms with Crippen LogP contribution in [0.25, 0.3) is 0 Å². The number of halogens is 2. The lowest BCUT2D eigenvalue weighted by molar-refractivity contribution is -0.114. The molecule has 2 N–H and O–H groups in total. The summed E-state index contributed by atoms with van der Waals surface area (Å²) in [5.41, 5.74) is 1.36. The normalized spacial score (nSPS) is 12.6. The van der Waals surface area contributed by atoms with Crippen LogP contribution in [0.4, 0.5) is 11.4 Å². The zero-order chi connectivity index (χ0) is 16.2. The Morgan fingerprint density at radius 2 is 1.78 bits per heavy atom. The molecule has 0 aromatic heterocycles. The number of carbonyl (C=O) groups is 1. The molecule has 1 amide bonds. The SMILES string of the molecule is O=C(CNc1cc2c(cc1Cl)OCCO2)Nc1ccc(Br)cc1. The van der Waals surface area contributed by atoms with Crippen molar-refractivity contribution < 1.29 is 14.3 Å². The Labute approximate surface area is 147 Å². The van der Waals surface area contributed by atoms with Gasteiger partial charge < -0.3 is 20.1 Å². The lowest BCUT2D eigenvalue weighted by atomic mass is 10.2. The van der Waals surface area contributed by atoms with Crippen molar-refractivity contribution in [3.05, 3.63) is 45.9 Å². The topological polar surface area (TPSA) is 59.6 Å². The predicted molar refractivity (Wildman–Crippen MR) is 93.7 cm³/mol. The van der Waals surface area contributed by atoms with E-state index in [1.54, 1.807) is 12.1 Å². The van der Waals surface area contributed by atoms with Gasteiger partial charge in [0.05, 0.1) is 17.3 Å². The summed E-state index contributed by atoms with van der Waals surface area (Å²) in [6.07, 6.45) is 0. The second-order valence-corrected chi connectivity index (χ2v) is 6.21. The van der Waals surface area contributed by atoms with E-state index in [1.807, 2.05) is 24.3 Å². The van der Waals surface area contributed by atoms with Crippen LogP contribution in [0.2, 0.25) is 5.02 Å². The molecule has 0 unspecified atom stereocenters. The van der Waals surface area contributed by atoms with Crippen LogP contribution in [0.1, 0.15) is 0 Å². The molecule has 0 aliphatic carbocycles. The van der Waals surface area contributed by atoms with Gasteiger partial charge in [0.15, 0.2) is 11.5 Å². The molecule has 0 fully saturated rings. The van der Waals surface area contributed by atoms with Crippen molar-refractivity contribution in [3.63, 3.8) is 0 Å². The molecule has 120 valence electrons. The standard InChI is InChI=1S/C16H14BrClN2O3/c17-10-1-3-11(4-2-10)20-16(21)9-19-13-8-15-14(7-12(13)18)22-5-6-23-15/h1-4,7-8,19H,5-6,9H2,(H,20,21). The van der Waals surface area contributed by atoms with E-state index in [0.717, 1.165) is 10.2 Å². The van der Waals surface area contributed by atoms with Crippen molar-refractivity contribution in [2.24, 2.45) is 0 Å². The zero-order valence-corrected chi connectivity index (χ0v) is 14.4. The summed E-state index contributed by atoms with van der Waals surface area (Å²) >= 11 is 9.54. The van der Waals surface area contributed by atoms with Gasteiger partial charge >= 0.3 is 0 Å². The van der Waals surface area contributed by atoms with Crippen LogP contribution in [0.3, 0.4) is 0 Å². The van der Waals surface area contributed by atoms with Gasteiger partial charge in [-0.15, -0.1) is 0 Å². The van der Waals surface area contributed by atoms with Gasteiger partial charge in [-0.25, -0.2) is 0 Å². The van der Waals surface area contributed by atoms with Gasteiger partial charge in [0.2, 0.25) is 5.91 Å². The van der Waals surface area contributed by atoms with Crippen molar-refractivity contribution in [1.82, 2.24) is 0 Å².